The Hall–Kier alpha value is 0.170. The third-order valence-corrected chi connectivity index (χ3v) is 1.21. The van der Waals surface area contributed by atoms with Gasteiger partial charge in [0, 0.05) is 6.61 Å². The van der Waals surface area contributed by atoms with E-state index < -0.39 is 0 Å². The van der Waals surface area contributed by atoms with Gasteiger partial charge in [-0.3, -0.25) is 0 Å². The van der Waals surface area contributed by atoms with Gasteiger partial charge in [0.05, 0.1) is 0 Å². The van der Waals surface area contributed by atoms with Crippen molar-refractivity contribution in [3.8, 4) is 0 Å². The molecule has 0 fully saturated rings. The Balaban J connectivity index is 2.69. The van der Waals surface area contributed by atoms with Crippen molar-refractivity contribution in [3.63, 3.8) is 0 Å². The van der Waals surface area contributed by atoms with Crippen LogP contribution in [-0.4, -0.2) is 26.3 Å². The second-order valence-corrected chi connectivity index (χ2v) is 2.23. The first kappa shape index (κ1) is 11.2. The molecule has 0 bridgehead atoms. The van der Waals surface area contributed by atoms with Crippen molar-refractivity contribution in [2.45, 2.75) is 19.8 Å². The summed E-state index contributed by atoms with van der Waals surface area (Å²) in [5.41, 5.74) is 0. The minimum absolute atomic E-state index is 0.162. The predicted molar refractivity (Wildman–Crippen MR) is 43.5 cm³/mol. The summed E-state index contributed by atoms with van der Waals surface area (Å²) in [6, 6.07) is 0.162. The van der Waals surface area contributed by atoms with Gasteiger partial charge in [0.25, 0.3) is 0 Å². The van der Waals surface area contributed by atoms with Crippen LogP contribution >= 0.6 is 11.6 Å². The van der Waals surface area contributed by atoms with Gasteiger partial charge in [-0.15, -0.1) is 0 Å². The van der Waals surface area contributed by atoms with Gasteiger partial charge < -0.3 is 14.2 Å². The summed E-state index contributed by atoms with van der Waals surface area (Å²) in [7, 11) is 0. The van der Waals surface area contributed by atoms with Crippen molar-refractivity contribution < 1.29 is 14.2 Å². The zero-order valence-corrected chi connectivity index (χ0v) is 7.60. The van der Waals surface area contributed by atoms with Crippen molar-refractivity contribution in [1.82, 2.24) is 0 Å². The van der Waals surface area contributed by atoms with Crippen LogP contribution in [0, 0.1) is 0 Å². The summed E-state index contributed by atoms with van der Waals surface area (Å²) in [5, 5.41) is 0. The highest BCUT2D eigenvalue weighted by molar-refractivity contribution is 6.17. The quantitative estimate of drug-likeness (QED) is 0.326. The molecular formula is C7H15ClO3. The molecule has 0 aromatic rings. The van der Waals surface area contributed by atoms with E-state index in [0.717, 1.165) is 19.4 Å². The zero-order valence-electron chi connectivity index (χ0n) is 6.85. The average Bonchev–Trinajstić information content (AvgIpc) is 2.03. The molecule has 4 heteroatoms. The third-order valence-electron chi connectivity index (χ3n) is 1.05. The molecule has 0 saturated carbocycles. The summed E-state index contributed by atoms with van der Waals surface area (Å²) < 4.78 is 14.7. The standard InChI is InChI=1S/C7H15ClO3/c1-2-3-4-9-6-11-7-10-5-8/h2-7H2,1H3. The van der Waals surface area contributed by atoms with Crippen LogP contribution in [0.3, 0.4) is 0 Å². The highest BCUT2D eigenvalue weighted by Gasteiger charge is 1.87. The molecule has 0 aliphatic rings. The van der Waals surface area contributed by atoms with Crippen LogP contribution in [0.15, 0.2) is 0 Å². The van der Waals surface area contributed by atoms with Crippen molar-refractivity contribution in [1.29, 1.82) is 0 Å². The van der Waals surface area contributed by atoms with E-state index in [2.05, 4.69) is 6.92 Å². The number of halogens is 1. The Kier molecular flexibility index (Phi) is 10.3. The van der Waals surface area contributed by atoms with Gasteiger partial charge >= 0.3 is 0 Å². The van der Waals surface area contributed by atoms with Gasteiger partial charge in [-0.2, -0.15) is 0 Å². The maximum absolute atomic E-state index is 5.22. The van der Waals surface area contributed by atoms with Crippen molar-refractivity contribution >= 4 is 11.6 Å². The molecule has 0 aromatic heterocycles. The summed E-state index contributed by atoms with van der Waals surface area (Å²) in [5.74, 6) is 0. The fourth-order valence-corrected chi connectivity index (χ4v) is 0.552. The SMILES string of the molecule is CCCCOCOCOCCl. The monoisotopic (exact) mass is 182 g/mol. The minimum Gasteiger partial charge on any atom is -0.355 e. The summed E-state index contributed by atoms with van der Waals surface area (Å²) in [6.07, 6.45) is 2.21. The predicted octanol–water partition coefficient (Wildman–Crippen LogP) is 1.95. The first-order valence-electron chi connectivity index (χ1n) is 3.71. The van der Waals surface area contributed by atoms with Gasteiger partial charge in [0.1, 0.15) is 12.9 Å². The third kappa shape index (κ3) is 10.2. The zero-order chi connectivity index (χ0) is 8.36. The van der Waals surface area contributed by atoms with Gasteiger partial charge in [-0.05, 0) is 6.42 Å². The van der Waals surface area contributed by atoms with Crippen molar-refractivity contribution in [2.24, 2.45) is 0 Å². The lowest BCUT2D eigenvalue weighted by molar-refractivity contribution is -0.123. The first-order valence-corrected chi connectivity index (χ1v) is 4.24. The fourth-order valence-electron chi connectivity index (χ4n) is 0.489. The summed E-state index contributed by atoms with van der Waals surface area (Å²) in [6.45, 7) is 3.35. The van der Waals surface area contributed by atoms with Crippen LogP contribution in [0.2, 0.25) is 0 Å². The maximum atomic E-state index is 5.22. The fraction of sp³-hybridized carbons (Fsp3) is 1.00. The maximum Gasteiger partial charge on any atom is 0.151 e. The highest BCUT2D eigenvalue weighted by atomic mass is 35.5. The number of hydrogen-bond acceptors (Lipinski definition) is 3. The Labute approximate surface area is 72.6 Å². The Morgan fingerprint density at radius 2 is 1.82 bits per heavy atom. The van der Waals surface area contributed by atoms with E-state index in [1.54, 1.807) is 0 Å². The van der Waals surface area contributed by atoms with Crippen LogP contribution in [-0.2, 0) is 14.2 Å². The molecule has 0 spiro atoms. The molecule has 68 valence electrons. The van der Waals surface area contributed by atoms with Crippen molar-refractivity contribution in [3.05, 3.63) is 0 Å². The normalized spacial score (nSPS) is 10.4. The number of alkyl halides is 1. The van der Waals surface area contributed by atoms with Gasteiger partial charge in [-0.25, -0.2) is 0 Å². The largest absolute Gasteiger partial charge is 0.355 e. The second-order valence-electron chi connectivity index (χ2n) is 2.01. The Morgan fingerprint density at radius 3 is 2.45 bits per heavy atom. The molecule has 11 heavy (non-hydrogen) atoms. The molecule has 0 heterocycles. The molecule has 0 N–H and O–H groups in total. The van der Waals surface area contributed by atoms with Crippen LogP contribution in [0.25, 0.3) is 0 Å². The van der Waals surface area contributed by atoms with E-state index in [1.165, 1.54) is 0 Å². The molecule has 0 radical (unpaired) electrons. The first-order chi connectivity index (χ1) is 5.41. The number of hydrogen-bond donors (Lipinski definition) is 0. The van der Waals surface area contributed by atoms with Gasteiger partial charge in [0.2, 0.25) is 0 Å². The second kappa shape index (κ2) is 10.2. The molecule has 0 atom stereocenters. The molecule has 0 saturated heterocycles. The van der Waals surface area contributed by atoms with Gasteiger partial charge in [-0.1, -0.05) is 24.9 Å². The molecule has 0 aliphatic carbocycles. The molecule has 0 unspecified atom stereocenters. The summed E-state index contributed by atoms with van der Waals surface area (Å²) >= 11 is 5.22. The van der Waals surface area contributed by atoms with Gasteiger partial charge in [0.15, 0.2) is 6.79 Å². The molecule has 3 nitrogen and oxygen atoms in total. The number of rotatable bonds is 8. The minimum atomic E-state index is 0.162. The van der Waals surface area contributed by atoms with E-state index in [1.807, 2.05) is 0 Å². The van der Waals surface area contributed by atoms with Crippen LogP contribution in [0.5, 0.6) is 0 Å². The lowest BCUT2D eigenvalue weighted by Gasteiger charge is -2.03. The van der Waals surface area contributed by atoms with E-state index in [4.69, 9.17) is 25.8 Å². The molecule has 0 aromatic carbocycles. The topological polar surface area (TPSA) is 27.7 Å². The molecule has 0 aliphatic heterocycles. The molecule has 0 rings (SSSR count). The van der Waals surface area contributed by atoms with E-state index in [-0.39, 0.29) is 19.7 Å². The molecular weight excluding hydrogens is 168 g/mol. The summed E-state index contributed by atoms with van der Waals surface area (Å²) in [4.78, 5) is 0. The van der Waals surface area contributed by atoms with E-state index in [0.29, 0.717) is 0 Å². The van der Waals surface area contributed by atoms with E-state index in [9.17, 15) is 0 Å². The Bertz CT molecular complexity index is 62.7. The highest BCUT2D eigenvalue weighted by Crippen LogP contribution is 1.88. The Morgan fingerprint density at radius 1 is 1.09 bits per heavy atom. The lowest BCUT2D eigenvalue weighted by atomic mass is 10.4. The number of ether oxygens (including phenoxy) is 3. The number of unbranched alkanes of at least 4 members (excludes halogenated alkanes) is 1. The van der Waals surface area contributed by atoms with Crippen LogP contribution < -0.4 is 0 Å². The average molecular weight is 183 g/mol. The van der Waals surface area contributed by atoms with Crippen molar-refractivity contribution in [2.75, 3.05) is 26.3 Å². The van der Waals surface area contributed by atoms with Crippen LogP contribution in [0.4, 0.5) is 0 Å². The van der Waals surface area contributed by atoms with E-state index >= 15 is 0 Å². The van der Waals surface area contributed by atoms with Crippen LogP contribution in [0.1, 0.15) is 19.8 Å². The molecule has 0 amide bonds. The lowest BCUT2D eigenvalue weighted by Crippen LogP contribution is -2.04. The smallest absolute Gasteiger partial charge is 0.151 e.